The van der Waals surface area contributed by atoms with E-state index < -0.39 is 0 Å². The first-order chi connectivity index (χ1) is 9.65. The summed E-state index contributed by atoms with van der Waals surface area (Å²) < 4.78 is 0. The summed E-state index contributed by atoms with van der Waals surface area (Å²) in [4.78, 5) is 23.7. The quantitative estimate of drug-likeness (QED) is 0.841. The molecule has 0 aromatic heterocycles. The van der Waals surface area contributed by atoms with E-state index in [-0.39, 0.29) is 24.5 Å². The predicted molar refractivity (Wildman–Crippen MR) is 79.8 cm³/mol. The second kappa shape index (κ2) is 6.66. The number of amides is 1. The SMILES string of the molecule is Cc1cccc(NC(=O)CCC(=O)c2ccccc2)c1. The molecule has 2 aromatic rings. The minimum atomic E-state index is -0.139. The Labute approximate surface area is 118 Å². The zero-order valence-electron chi connectivity index (χ0n) is 11.4. The van der Waals surface area contributed by atoms with Crippen LogP contribution in [0.2, 0.25) is 0 Å². The smallest absolute Gasteiger partial charge is 0.224 e. The van der Waals surface area contributed by atoms with Crippen molar-refractivity contribution in [2.75, 3.05) is 5.32 Å². The largest absolute Gasteiger partial charge is 0.326 e. The Balaban J connectivity index is 1.85. The van der Waals surface area contributed by atoms with Crippen molar-refractivity contribution >= 4 is 17.4 Å². The van der Waals surface area contributed by atoms with Gasteiger partial charge in [0.15, 0.2) is 5.78 Å². The molecule has 0 aliphatic carbocycles. The van der Waals surface area contributed by atoms with Crippen LogP contribution in [0.3, 0.4) is 0 Å². The van der Waals surface area contributed by atoms with Crippen LogP contribution in [0.1, 0.15) is 28.8 Å². The van der Waals surface area contributed by atoms with E-state index in [1.54, 1.807) is 12.1 Å². The molecule has 0 saturated heterocycles. The number of nitrogens with one attached hydrogen (secondary N) is 1. The number of ketones is 1. The van der Waals surface area contributed by atoms with Gasteiger partial charge < -0.3 is 5.32 Å². The van der Waals surface area contributed by atoms with Crippen molar-refractivity contribution in [3.63, 3.8) is 0 Å². The third-order valence-electron chi connectivity index (χ3n) is 2.98. The van der Waals surface area contributed by atoms with Gasteiger partial charge in [0.1, 0.15) is 0 Å². The predicted octanol–water partition coefficient (Wildman–Crippen LogP) is 3.60. The third-order valence-corrected chi connectivity index (χ3v) is 2.98. The molecule has 20 heavy (non-hydrogen) atoms. The van der Waals surface area contributed by atoms with Crippen LogP contribution < -0.4 is 5.32 Å². The monoisotopic (exact) mass is 267 g/mol. The van der Waals surface area contributed by atoms with Crippen LogP contribution in [-0.2, 0) is 4.79 Å². The maximum Gasteiger partial charge on any atom is 0.224 e. The van der Waals surface area contributed by atoms with Gasteiger partial charge in [-0.3, -0.25) is 9.59 Å². The van der Waals surface area contributed by atoms with Gasteiger partial charge in [-0.1, -0.05) is 42.5 Å². The average Bonchev–Trinajstić information content (AvgIpc) is 2.46. The van der Waals surface area contributed by atoms with Crippen molar-refractivity contribution in [1.29, 1.82) is 0 Å². The van der Waals surface area contributed by atoms with E-state index in [0.29, 0.717) is 5.56 Å². The molecule has 0 saturated carbocycles. The highest BCUT2D eigenvalue weighted by Crippen LogP contribution is 2.11. The number of aryl methyl sites for hydroxylation is 1. The van der Waals surface area contributed by atoms with E-state index in [0.717, 1.165) is 11.3 Å². The first-order valence-electron chi connectivity index (χ1n) is 6.60. The van der Waals surface area contributed by atoms with Crippen molar-refractivity contribution in [3.05, 3.63) is 65.7 Å². The summed E-state index contributed by atoms with van der Waals surface area (Å²) in [6.07, 6.45) is 0.420. The van der Waals surface area contributed by atoms with Gasteiger partial charge in [-0.05, 0) is 24.6 Å². The van der Waals surface area contributed by atoms with Crippen LogP contribution in [0.5, 0.6) is 0 Å². The lowest BCUT2D eigenvalue weighted by Gasteiger charge is -2.05. The first kappa shape index (κ1) is 14.0. The minimum Gasteiger partial charge on any atom is -0.326 e. The highest BCUT2D eigenvalue weighted by molar-refractivity contribution is 5.99. The Bertz CT molecular complexity index is 605. The van der Waals surface area contributed by atoms with E-state index in [9.17, 15) is 9.59 Å². The van der Waals surface area contributed by atoms with E-state index in [1.807, 2.05) is 49.4 Å². The molecule has 0 radical (unpaired) electrons. The fourth-order valence-corrected chi connectivity index (χ4v) is 1.94. The van der Waals surface area contributed by atoms with Gasteiger partial charge in [-0.25, -0.2) is 0 Å². The molecule has 3 heteroatoms. The molecule has 2 rings (SSSR count). The molecule has 0 bridgehead atoms. The molecule has 0 aliphatic heterocycles. The van der Waals surface area contributed by atoms with Crippen molar-refractivity contribution in [2.45, 2.75) is 19.8 Å². The number of rotatable bonds is 5. The van der Waals surface area contributed by atoms with Crippen LogP contribution in [0, 0.1) is 6.92 Å². The summed E-state index contributed by atoms with van der Waals surface area (Å²) in [5, 5.41) is 2.80. The number of hydrogen-bond donors (Lipinski definition) is 1. The van der Waals surface area contributed by atoms with Crippen LogP contribution >= 0.6 is 0 Å². The Morgan fingerprint density at radius 2 is 1.70 bits per heavy atom. The second-order valence-electron chi connectivity index (χ2n) is 4.71. The van der Waals surface area contributed by atoms with Crippen LogP contribution in [0.25, 0.3) is 0 Å². The molecular weight excluding hydrogens is 250 g/mol. The van der Waals surface area contributed by atoms with Crippen LogP contribution in [0.15, 0.2) is 54.6 Å². The topological polar surface area (TPSA) is 46.2 Å². The average molecular weight is 267 g/mol. The fraction of sp³-hybridized carbons (Fsp3) is 0.176. The minimum absolute atomic E-state index is 0.00927. The highest BCUT2D eigenvalue weighted by atomic mass is 16.2. The number of anilines is 1. The summed E-state index contributed by atoms with van der Waals surface area (Å²) in [6.45, 7) is 1.97. The fourth-order valence-electron chi connectivity index (χ4n) is 1.94. The van der Waals surface area contributed by atoms with Gasteiger partial charge in [-0.15, -0.1) is 0 Å². The van der Waals surface area contributed by atoms with Crippen molar-refractivity contribution in [3.8, 4) is 0 Å². The van der Waals surface area contributed by atoms with Gasteiger partial charge in [0.2, 0.25) is 5.91 Å². The zero-order valence-corrected chi connectivity index (χ0v) is 11.4. The molecular formula is C17H17NO2. The second-order valence-corrected chi connectivity index (χ2v) is 4.71. The summed E-state index contributed by atoms with van der Waals surface area (Å²) in [7, 11) is 0. The lowest BCUT2D eigenvalue weighted by molar-refractivity contribution is -0.116. The van der Waals surface area contributed by atoms with Gasteiger partial charge in [0.05, 0.1) is 0 Å². The lowest BCUT2D eigenvalue weighted by atomic mass is 10.1. The first-order valence-corrected chi connectivity index (χ1v) is 6.60. The van der Waals surface area contributed by atoms with Crippen LogP contribution in [-0.4, -0.2) is 11.7 Å². The normalized spacial score (nSPS) is 10.1. The number of Topliss-reactive ketones (excluding diaryl/α,β-unsaturated/α-hetero) is 1. The van der Waals surface area contributed by atoms with Gasteiger partial charge >= 0.3 is 0 Å². The molecule has 2 aromatic carbocycles. The summed E-state index contributed by atoms with van der Waals surface area (Å²) in [5.74, 6) is -0.148. The molecule has 3 nitrogen and oxygen atoms in total. The molecule has 0 spiro atoms. The van der Waals surface area contributed by atoms with Gasteiger partial charge in [-0.2, -0.15) is 0 Å². The van der Waals surface area contributed by atoms with Crippen molar-refractivity contribution in [1.82, 2.24) is 0 Å². The summed E-state index contributed by atoms with van der Waals surface area (Å²) in [6, 6.07) is 16.6. The van der Waals surface area contributed by atoms with Crippen molar-refractivity contribution < 1.29 is 9.59 Å². The summed E-state index contributed by atoms with van der Waals surface area (Å²) in [5.41, 5.74) is 2.50. The number of hydrogen-bond acceptors (Lipinski definition) is 2. The van der Waals surface area contributed by atoms with E-state index in [4.69, 9.17) is 0 Å². The number of carbonyl (C=O) groups excluding carboxylic acids is 2. The molecule has 1 N–H and O–H groups in total. The van der Waals surface area contributed by atoms with E-state index in [2.05, 4.69) is 5.32 Å². The lowest BCUT2D eigenvalue weighted by Crippen LogP contribution is -2.13. The van der Waals surface area contributed by atoms with Gasteiger partial charge in [0, 0.05) is 24.1 Å². The molecule has 0 atom stereocenters. The Hall–Kier alpha value is -2.42. The van der Waals surface area contributed by atoms with E-state index >= 15 is 0 Å². The molecule has 0 fully saturated rings. The van der Waals surface area contributed by atoms with Crippen molar-refractivity contribution in [2.24, 2.45) is 0 Å². The molecule has 0 aliphatic rings. The van der Waals surface area contributed by atoms with Crippen LogP contribution in [0.4, 0.5) is 5.69 Å². The molecule has 1 amide bonds. The standard InChI is InChI=1S/C17H17NO2/c1-13-6-5-9-15(12-13)18-17(20)11-10-16(19)14-7-3-2-4-8-14/h2-9,12H,10-11H2,1H3,(H,18,20). The van der Waals surface area contributed by atoms with Gasteiger partial charge in [0.25, 0.3) is 0 Å². The van der Waals surface area contributed by atoms with E-state index in [1.165, 1.54) is 0 Å². The molecule has 0 unspecified atom stereocenters. The highest BCUT2D eigenvalue weighted by Gasteiger charge is 2.09. The Morgan fingerprint density at radius 3 is 2.40 bits per heavy atom. The summed E-state index contributed by atoms with van der Waals surface area (Å²) >= 11 is 0. The molecule has 102 valence electrons. The number of benzene rings is 2. The zero-order chi connectivity index (χ0) is 14.4. The molecule has 0 heterocycles. The Morgan fingerprint density at radius 1 is 0.950 bits per heavy atom. The Kier molecular flexibility index (Phi) is 4.66. The maximum absolute atomic E-state index is 11.9. The third kappa shape index (κ3) is 4.05. The maximum atomic E-state index is 11.9. The number of carbonyl (C=O) groups is 2.